The summed E-state index contributed by atoms with van der Waals surface area (Å²) in [5.41, 5.74) is 1.79. The number of piperazine rings is 1. The summed E-state index contributed by atoms with van der Waals surface area (Å²) in [7, 11) is 0. The number of anilines is 1. The summed E-state index contributed by atoms with van der Waals surface area (Å²) < 4.78 is 1.08. The number of hydrogen-bond acceptors (Lipinski definition) is 2. The van der Waals surface area contributed by atoms with Crippen LogP contribution in [0, 0.1) is 6.92 Å². The SMILES string of the molecule is Cc1ccc(N2CCNC(=O)C2(C)C)cc1Br. The Morgan fingerprint density at radius 1 is 1.41 bits per heavy atom. The number of benzene rings is 1. The molecule has 0 aromatic heterocycles. The average molecular weight is 297 g/mol. The topological polar surface area (TPSA) is 32.3 Å². The van der Waals surface area contributed by atoms with Crippen LogP contribution in [0.1, 0.15) is 19.4 Å². The zero-order chi connectivity index (χ0) is 12.6. The fourth-order valence-corrected chi connectivity index (χ4v) is 2.47. The van der Waals surface area contributed by atoms with Crippen LogP contribution in [-0.2, 0) is 4.79 Å². The first kappa shape index (κ1) is 12.4. The molecule has 0 saturated carbocycles. The van der Waals surface area contributed by atoms with E-state index in [1.807, 2.05) is 13.8 Å². The summed E-state index contributed by atoms with van der Waals surface area (Å²) in [6.07, 6.45) is 0. The summed E-state index contributed by atoms with van der Waals surface area (Å²) in [5.74, 6) is 0.0837. The molecule has 1 saturated heterocycles. The smallest absolute Gasteiger partial charge is 0.245 e. The Hall–Kier alpha value is -1.03. The van der Waals surface area contributed by atoms with Crippen molar-refractivity contribution in [1.82, 2.24) is 5.32 Å². The maximum atomic E-state index is 11.9. The van der Waals surface area contributed by atoms with Crippen LogP contribution in [0.4, 0.5) is 5.69 Å². The highest BCUT2D eigenvalue weighted by Gasteiger charge is 2.37. The molecule has 17 heavy (non-hydrogen) atoms. The van der Waals surface area contributed by atoms with Crippen LogP contribution in [0.2, 0.25) is 0 Å². The van der Waals surface area contributed by atoms with Crippen molar-refractivity contribution < 1.29 is 4.79 Å². The predicted molar refractivity (Wildman–Crippen MR) is 73.3 cm³/mol. The number of halogens is 1. The minimum Gasteiger partial charge on any atom is -0.356 e. The van der Waals surface area contributed by atoms with Crippen LogP contribution >= 0.6 is 15.9 Å². The average Bonchev–Trinajstić information content (AvgIpc) is 2.26. The van der Waals surface area contributed by atoms with Gasteiger partial charge >= 0.3 is 0 Å². The van der Waals surface area contributed by atoms with Crippen LogP contribution in [0.15, 0.2) is 22.7 Å². The van der Waals surface area contributed by atoms with Gasteiger partial charge in [0.05, 0.1) is 0 Å². The van der Waals surface area contributed by atoms with E-state index in [1.165, 1.54) is 5.56 Å². The first-order valence-electron chi connectivity index (χ1n) is 5.75. The molecule has 1 fully saturated rings. The van der Waals surface area contributed by atoms with E-state index in [1.54, 1.807) is 0 Å². The molecule has 1 aromatic carbocycles. The summed E-state index contributed by atoms with van der Waals surface area (Å²) >= 11 is 3.54. The van der Waals surface area contributed by atoms with E-state index in [2.05, 4.69) is 51.3 Å². The van der Waals surface area contributed by atoms with Gasteiger partial charge in [0.15, 0.2) is 0 Å². The Morgan fingerprint density at radius 3 is 2.76 bits per heavy atom. The number of carbonyl (C=O) groups excluding carboxylic acids is 1. The van der Waals surface area contributed by atoms with Crippen LogP contribution in [-0.4, -0.2) is 24.5 Å². The molecular formula is C13H17BrN2O. The number of hydrogen-bond donors (Lipinski definition) is 1. The number of aryl methyl sites for hydroxylation is 1. The van der Waals surface area contributed by atoms with Gasteiger partial charge in [0.1, 0.15) is 5.54 Å². The van der Waals surface area contributed by atoms with Crippen LogP contribution in [0.5, 0.6) is 0 Å². The number of carbonyl (C=O) groups is 1. The molecule has 0 atom stereocenters. The normalized spacial score (nSPS) is 19.1. The van der Waals surface area contributed by atoms with Gasteiger partial charge in [-0.2, -0.15) is 0 Å². The van der Waals surface area contributed by atoms with E-state index >= 15 is 0 Å². The lowest BCUT2D eigenvalue weighted by atomic mass is 9.98. The summed E-state index contributed by atoms with van der Waals surface area (Å²) in [5, 5.41) is 2.91. The minimum atomic E-state index is -0.493. The van der Waals surface area contributed by atoms with Crippen molar-refractivity contribution in [1.29, 1.82) is 0 Å². The Kier molecular flexibility index (Phi) is 3.17. The standard InChI is InChI=1S/C13H17BrN2O/c1-9-4-5-10(8-11(9)14)16-7-6-15-12(17)13(16,2)3/h4-5,8H,6-7H2,1-3H3,(H,15,17). The molecule has 0 aliphatic carbocycles. The molecule has 1 amide bonds. The maximum Gasteiger partial charge on any atom is 0.245 e. The first-order valence-corrected chi connectivity index (χ1v) is 6.54. The lowest BCUT2D eigenvalue weighted by Gasteiger charge is -2.43. The van der Waals surface area contributed by atoms with Gasteiger partial charge in [-0.15, -0.1) is 0 Å². The van der Waals surface area contributed by atoms with E-state index in [0.29, 0.717) is 6.54 Å². The molecule has 92 valence electrons. The van der Waals surface area contributed by atoms with Gasteiger partial charge in [-0.1, -0.05) is 22.0 Å². The second-order valence-electron chi connectivity index (χ2n) is 4.90. The second-order valence-corrected chi connectivity index (χ2v) is 5.75. The van der Waals surface area contributed by atoms with Crippen molar-refractivity contribution in [3.8, 4) is 0 Å². The van der Waals surface area contributed by atoms with Crippen molar-refractivity contribution >= 4 is 27.5 Å². The Labute approximate surface area is 110 Å². The summed E-state index contributed by atoms with van der Waals surface area (Å²) in [4.78, 5) is 14.0. The van der Waals surface area contributed by atoms with Crippen LogP contribution < -0.4 is 10.2 Å². The molecule has 1 aliphatic rings. The number of amides is 1. The molecule has 0 unspecified atom stereocenters. The van der Waals surface area contributed by atoms with Gasteiger partial charge in [-0.3, -0.25) is 4.79 Å². The van der Waals surface area contributed by atoms with Gasteiger partial charge in [0.2, 0.25) is 5.91 Å². The van der Waals surface area contributed by atoms with E-state index in [4.69, 9.17) is 0 Å². The Bertz CT molecular complexity index is 457. The highest BCUT2D eigenvalue weighted by molar-refractivity contribution is 9.10. The lowest BCUT2D eigenvalue weighted by Crippen LogP contribution is -2.62. The van der Waals surface area contributed by atoms with Gasteiger partial charge in [0, 0.05) is 23.2 Å². The zero-order valence-electron chi connectivity index (χ0n) is 10.4. The lowest BCUT2D eigenvalue weighted by molar-refractivity contribution is -0.126. The Morgan fingerprint density at radius 2 is 2.12 bits per heavy atom. The monoisotopic (exact) mass is 296 g/mol. The molecule has 4 heteroatoms. The molecule has 1 N–H and O–H groups in total. The molecule has 1 heterocycles. The molecular weight excluding hydrogens is 280 g/mol. The molecule has 0 spiro atoms. The molecule has 1 aliphatic heterocycles. The minimum absolute atomic E-state index is 0.0837. The predicted octanol–water partition coefficient (Wildman–Crippen LogP) is 2.47. The maximum absolute atomic E-state index is 11.9. The quantitative estimate of drug-likeness (QED) is 0.863. The first-order chi connectivity index (χ1) is 7.93. The summed E-state index contributed by atoms with van der Waals surface area (Å²) in [6.45, 7) is 7.51. The van der Waals surface area contributed by atoms with Crippen LogP contribution in [0.3, 0.4) is 0 Å². The van der Waals surface area contributed by atoms with Crippen LogP contribution in [0.25, 0.3) is 0 Å². The fraction of sp³-hybridized carbons (Fsp3) is 0.462. The number of nitrogens with zero attached hydrogens (tertiary/aromatic N) is 1. The van der Waals surface area contributed by atoms with E-state index < -0.39 is 5.54 Å². The zero-order valence-corrected chi connectivity index (χ0v) is 12.0. The largest absolute Gasteiger partial charge is 0.356 e. The summed E-state index contributed by atoms with van der Waals surface area (Å²) in [6, 6.07) is 6.22. The molecule has 2 rings (SSSR count). The van der Waals surface area contributed by atoms with Crippen molar-refractivity contribution in [2.24, 2.45) is 0 Å². The van der Waals surface area contributed by atoms with Gasteiger partial charge in [0.25, 0.3) is 0 Å². The number of nitrogens with one attached hydrogen (secondary N) is 1. The van der Waals surface area contributed by atoms with Gasteiger partial charge in [-0.05, 0) is 38.5 Å². The molecule has 0 bridgehead atoms. The third-order valence-electron chi connectivity index (χ3n) is 3.32. The van der Waals surface area contributed by atoms with Crippen molar-refractivity contribution in [2.45, 2.75) is 26.3 Å². The van der Waals surface area contributed by atoms with E-state index in [9.17, 15) is 4.79 Å². The molecule has 1 aromatic rings. The third-order valence-corrected chi connectivity index (χ3v) is 4.17. The molecule has 0 radical (unpaired) electrons. The van der Waals surface area contributed by atoms with Crippen molar-refractivity contribution in [3.05, 3.63) is 28.2 Å². The highest BCUT2D eigenvalue weighted by atomic mass is 79.9. The third kappa shape index (κ3) is 2.18. The van der Waals surface area contributed by atoms with Crippen molar-refractivity contribution in [2.75, 3.05) is 18.0 Å². The van der Waals surface area contributed by atoms with Gasteiger partial charge in [-0.25, -0.2) is 0 Å². The Balaban J connectivity index is 2.38. The second kappa shape index (κ2) is 4.33. The van der Waals surface area contributed by atoms with Crippen molar-refractivity contribution in [3.63, 3.8) is 0 Å². The van der Waals surface area contributed by atoms with E-state index in [-0.39, 0.29) is 5.91 Å². The van der Waals surface area contributed by atoms with Gasteiger partial charge < -0.3 is 10.2 Å². The number of rotatable bonds is 1. The molecule has 3 nitrogen and oxygen atoms in total. The fourth-order valence-electron chi connectivity index (χ4n) is 2.10. The van der Waals surface area contributed by atoms with E-state index in [0.717, 1.165) is 16.7 Å². The highest BCUT2D eigenvalue weighted by Crippen LogP contribution is 2.29.